The van der Waals surface area contributed by atoms with Crippen molar-refractivity contribution < 1.29 is 9.05 Å². The Labute approximate surface area is 156 Å². The maximum atomic E-state index is 6.81. The van der Waals surface area contributed by atoms with E-state index in [0.717, 1.165) is 13.2 Å². The van der Waals surface area contributed by atoms with Crippen LogP contribution >= 0.6 is 7.87 Å². The van der Waals surface area contributed by atoms with Gasteiger partial charge in [-0.2, -0.15) is 0 Å². The summed E-state index contributed by atoms with van der Waals surface area (Å²) in [6.45, 7) is 6.24. The van der Waals surface area contributed by atoms with Crippen molar-refractivity contribution in [1.82, 2.24) is 4.67 Å². The first-order valence-corrected chi connectivity index (χ1v) is 11.6. The van der Waals surface area contributed by atoms with Crippen LogP contribution in [0.15, 0.2) is 48.5 Å². The summed E-state index contributed by atoms with van der Waals surface area (Å²) in [6.07, 6.45) is 5.12. The van der Waals surface area contributed by atoms with E-state index in [1.807, 2.05) is 0 Å². The molecule has 0 radical (unpaired) electrons. The molecular formula is C22H28NO2P. The van der Waals surface area contributed by atoms with E-state index in [1.165, 1.54) is 47.7 Å². The second-order valence-electron chi connectivity index (χ2n) is 8.50. The number of hydrogen-bond acceptors (Lipinski definition) is 3. The van der Waals surface area contributed by atoms with Gasteiger partial charge in [0.15, 0.2) is 0 Å². The Bertz CT molecular complexity index is 822. The molecule has 0 N–H and O–H groups in total. The third-order valence-electron chi connectivity index (χ3n) is 6.24. The van der Waals surface area contributed by atoms with Gasteiger partial charge in [-0.25, -0.2) is 0 Å². The Morgan fingerprint density at radius 1 is 1.00 bits per heavy atom. The molecule has 0 bridgehead atoms. The summed E-state index contributed by atoms with van der Waals surface area (Å²) in [6, 6.07) is 17.6. The molecule has 0 unspecified atom stereocenters. The molecule has 138 valence electrons. The monoisotopic (exact) mass is 369 g/mol. The molecule has 26 heavy (non-hydrogen) atoms. The van der Waals surface area contributed by atoms with E-state index in [-0.39, 0.29) is 11.6 Å². The van der Waals surface area contributed by atoms with Crippen molar-refractivity contribution in [2.75, 3.05) is 13.2 Å². The van der Waals surface area contributed by atoms with Crippen LogP contribution in [0, 0.1) is 0 Å². The molecule has 0 spiro atoms. The summed E-state index contributed by atoms with van der Waals surface area (Å²) >= 11 is 0. The van der Waals surface area contributed by atoms with Gasteiger partial charge in [0.25, 0.3) is 0 Å². The molecule has 0 amide bonds. The molecule has 5 rings (SSSR count). The van der Waals surface area contributed by atoms with E-state index >= 15 is 0 Å². The van der Waals surface area contributed by atoms with Crippen LogP contribution in [0.4, 0.5) is 0 Å². The van der Waals surface area contributed by atoms with E-state index in [1.54, 1.807) is 0 Å². The van der Waals surface area contributed by atoms with E-state index in [0.29, 0.717) is 0 Å². The molecular weight excluding hydrogens is 341 g/mol. The van der Waals surface area contributed by atoms with Crippen molar-refractivity contribution in [1.29, 1.82) is 0 Å². The van der Waals surface area contributed by atoms with Crippen LogP contribution in [-0.2, 0) is 21.9 Å². The third kappa shape index (κ3) is 2.57. The minimum atomic E-state index is -2.58. The molecule has 3 nitrogen and oxygen atoms in total. The molecule has 4 heteroatoms. The summed E-state index contributed by atoms with van der Waals surface area (Å²) in [5, 5.41) is 1.29. The fraction of sp³-hybridized carbons (Fsp3) is 0.455. The number of nitrogens with zero attached hydrogens (tertiary/aromatic N) is 1. The van der Waals surface area contributed by atoms with Gasteiger partial charge in [-0.05, 0) is 0 Å². The summed E-state index contributed by atoms with van der Waals surface area (Å²) in [4.78, 5) is 0. The number of fused-ring (bicyclic) bond motifs is 2. The maximum absolute atomic E-state index is 6.81. The predicted molar refractivity (Wildman–Crippen MR) is 108 cm³/mol. The molecule has 3 aliphatic rings. The quantitative estimate of drug-likeness (QED) is 0.724. The molecule has 2 saturated heterocycles. The van der Waals surface area contributed by atoms with Crippen LogP contribution in [0.2, 0.25) is 0 Å². The molecule has 2 aliphatic heterocycles. The van der Waals surface area contributed by atoms with Crippen LogP contribution in [0.5, 0.6) is 0 Å². The summed E-state index contributed by atoms with van der Waals surface area (Å²) in [7, 11) is -2.58. The van der Waals surface area contributed by atoms with Crippen molar-refractivity contribution in [3.05, 3.63) is 65.2 Å². The Hall–Kier alpha value is -1.25. The van der Waals surface area contributed by atoms with Crippen molar-refractivity contribution in [3.63, 3.8) is 0 Å². The number of rotatable bonds is 2. The Morgan fingerprint density at radius 3 is 2.58 bits per heavy atom. The van der Waals surface area contributed by atoms with Crippen LogP contribution in [-0.4, -0.2) is 23.4 Å². The van der Waals surface area contributed by atoms with Gasteiger partial charge >= 0.3 is 156 Å². The van der Waals surface area contributed by atoms with E-state index < -0.39 is 7.87 Å². The topological polar surface area (TPSA) is 21.7 Å². The predicted octanol–water partition coefficient (Wildman–Crippen LogP) is 4.57. The average Bonchev–Trinajstić information content (AvgIpc) is 3.19. The van der Waals surface area contributed by atoms with E-state index in [9.17, 15) is 0 Å². The second kappa shape index (κ2) is 6.14. The summed E-state index contributed by atoms with van der Waals surface area (Å²) in [5.74, 6) is 0. The van der Waals surface area contributed by atoms with Crippen LogP contribution in [0.3, 0.4) is 0 Å². The first kappa shape index (κ1) is 16.9. The van der Waals surface area contributed by atoms with Gasteiger partial charge in [-0.3, -0.25) is 0 Å². The van der Waals surface area contributed by atoms with Crippen molar-refractivity contribution in [2.24, 2.45) is 0 Å². The zero-order chi connectivity index (χ0) is 17.8. The SMILES string of the molecule is CC1(C)CO[PH]2(c3ccc4c(c3)CCCC4)O[C@@H](c3ccccc3)CN12. The zero-order valence-electron chi connectivity index (χ0n) is 15.7. The first-order chi connectivity index (χ1) is 12.6. The Balaban J connectivity index is 1.56. The van der Waals surface area contributed by atoms with Gasteiger partial charge in [0, 0.05) is 0 Å². The molecule has 2 fully saturated rings. The molecule has 2 heterocycles. The van der Waals surface area contributed by atoms with Crippen LogP contribution in [0.1, 0.15) is 49.5 Å². The fourth-order valence-electron chi connectivity index (χ4n) is 4.77. The second-order valence-corrected chi connectivity index (χ2v) is 11.3. The van der Waals surface area contributed by atoms with Crippen molar-refractivity contribution in [2.45, 2.75) is 51.2 Å². The van der Waals surface area contributed by atoms with Gasteiger partial charge in [0.05, 0.1) is 0 Å². The molecule has 1 aliphatic carbocycles. The minimum absolute atomic E-state index is 0.0195. The van der Waals surface area contributed by atoms with Gasteiger partial charge in [-0.1, -0.05) is 0 Å². The Kier molecular flexibility index (Phi) is 3.99. The molecule has 2 aromatic rings. The number of hydrogen-bond donors (Lipinski definition) is 0. The summed E-state index contributed by atoms with van der Waals surface area (Å²) < 4.78 is 15.9. The molecule has 0 aromatic heterocycles. The number of benzene rings is 2. The number of aryl methyl sites for hydroxylation is 2. The molecule has 2 aromatic carbocycles. The summed E-state index contributed by atoms with van der Waals surface area (Å²) in [5.41, 5.74) is 4.31. The van der Waals surface area contributed by atoms with Gasteiger partial charge in [0.2, 0.25) is 0 Å². The normalized spacial score (nSPS) is 27.7. The average molecular weight is 369 g/mol. The first-order valence-electron chi connectivity index (χ1n) is 9.85. The molecule has 1 atom stereocenters. The van der Waals surface area contributed by atoms with Gasteiger partial charge < -0.3 is 0 Å². The third-order valence-corrected chi connectivity index (χ3v) is 9.92. The van der Waals surface area contributed by atoms with Gasteiger partial charge in [-0.15, -0.1) is 0 Å². The van der Waals surface area contributed by atoms with Crippen molar-refractivity contribution >= 4 is 13.2 Å². The van der Waals surface area contributed by atoms with E-state index in [2.05, 4.69) is 67.0 Å². The van der Waals surface area contributed by atoms with E-state index in [4.69, 9.17) is 9.05 Å². The molecule has 0 saturated carbocycles. The Morgan fingerprint density at radius 2 is 1.77 bits per heavy atom. The van der Waals surface area contributed by atoms with Crippen LogP contribution < -0.4 is 5.30 Å². The van der Waals surface area contributed by atoms with Gasteiger partial charge in [0.1, 0.15) is 0 Å². The van der Waals surface area contributed by atoms with Crippen LogP contribution in [0.25, 0.3) is 0 Å². The fourth-order valence-corrected chi connectivity index (χ4v) is 8.80. The van der Waals surface area contributed by atoms with Crippen molar-refractivity contribution in [3.8, 4) is 0 Å². The standard InChI is InChI=1S/C22H28NO2P/c1-22(2)16-24-26(20-13-12-17-8-6-7-11-19(17)14-20)23(22)15-21(25-26)18-9-4-3-5-10-18/h3-5,9-10,12-14,21,26H,6-8,11,15-16H2,1-2H3/t21-/m1/s1. The zero-order valence-corrected chi connectivity index (χ0v) is 16.7.